The van der Waals surface area contributed by atoms with Crippen molar-refractivity contribution in [3.63, 3.8) is 0 Å². The van der Waals surface area contributed by atoms with Gasteiger partial charge in [0.25, 0.3) is 0 Å². The first kappa shape index (κ1) is 35.2. The number of fused-ring (bicyclic) bond motifs is 19. The van der Waals surface area contributed by atoms with Crippen LogP contribution >= 0.6 is 0 Å². The molecule has 1 spiro atoms. The van der Waals surface area contributed by atoms with Crippen molar-refractivity contribution in [2.24, 2.45) is 0 Å². The van der Waals surface area contributed by atoms with E-state index in [9.17, 15) is 0 Å². The van der Waals surface area contributed by atoms with E-state index in [1.165, 1.54) is 50.1 Å². The van der Waals surface area contributed by atoms with Gasteiger partial charge in [0, 0.05) is 33.0 Å². The van der Waals surface area contributed by atoms with Gasteiger partial charge in [-0.1, -0.05) is 182 Å². The number of anilines is 3. The molecule has 14 rings (SSSR count). The van der Waals surface area contributed by atoms with Gasteiger partial charge < -0.3 is 13.7 Å². The van der Waals surface area contributed by atoms with Crippen LogP contribution in [0, 0.1) is 0 Å². The van der Waals surface area contributed by atoms with Crippen molar-refractivity contribution in [2.45, 2.75) is 5.41 Å². The largest absolute Gasteiger partial charge is 0.456 e. The van der Waals surface area contributed by atoms with E-state index >= 15 is 0 Å². The molecule has 0 saturated heterocycles. The second-order valence-corrected chi connectivity index (χ2v) is 17.0. The number of benzene rings is 10. The van der Waals surface area contributed by atoms with Gasteiger partial charge in [0.2, 0.25) is 0 Å². The summed E-state index contributed by atoms with van der Waals surface area (Å²) in [6.45, 7) is 0. The SMILES string of the molecule is c1ccc(-c2ccccc2N(c2ccc3c(c2)C2(c4ccccc4-c4ccccc4-3)c3ccccc3-c3c2ccc2c3oc3ccccc32)c2cccc3oc4ccccc4c23)cc1. The Kier molecular flexibility index (Phi) is 7.32. The molecule has 2 heterocycles. The highest BCUT2D eigenvalue weighted by Crippen LogP contribution is 2.63. The Bertz CT molecular complexity index is 3870. The van der Waals surface area contributed by atoms with E-state index in [1.807, 2.05) is 6.07 Å². The Labute approximate surface area is 369 Å². The fraction of sp³-hybridized carbons (Fsp3) is 0.0164. The second-order valence-electron chi connectivity index (χ2n) is 17.0. The lowest BCUT2D eigenvalue weighted by Crippen LogP contribution is -2.29. The average Bonchev–Trinajstić information content (AvgIpc) is 4.01. The summed E-state index contributed by atoms with van der Waals surface area (Å²) < 4.78 is 13.5. The average molecular weight is 816 g/mol. The summed E-state index contributed by atoms with van der Waals surface area (Å²) in [5.41, 5.74) is 20.4. The molecular weight excluding hydrogens is 779 g/mol. The number of para-hydroxylation sites is 3. The van der Waals surface area contributed by atoms with Gasteiger partial charge in [-0.05, 0) is 98.1 Å². The van der Waals surface area contributed by atoms with Gasteiger partial charge in [-0.15, -0.1) is 0 Å². The summed E-state index contributed by atoms with van der Waals surface area (Å²) in [5, 5.41) is 4.41. The number of hydrogen-bond acceptors (Lipinski definition) is 3. The molecule has 298 valence electrons. The van der Waals surface area contributed by atoms with E-state index < -0.39 is 5.41 Å². The lowest BCUT2D eigenvalue weighted by Gasteiger charge is -2.36. The van der Waals surface area contributed by atoms with E-state index in [0.717, 1.165) is 77.6 Å². The highest BCUT2D eigenvalue weighted by atomic mass is 16.3. The number of hydrogen-bond donors (Lipinski definition) is 0. The van der Waals surface area contributed by atoms with Gasteiger partial charge in [0.1, 0.15) is 22.3 Å². The van der Waals surface area contributed by atoms with Crippen molar-refractivity contribution < 1.29 is 8.83 Å². The first-order valence-corrected chi connectivity index (χ1v) is 22.0. The third kappa shape index (κ3) is 4.70. The summed E-state index contributed by atoms with van der Waals surface area (Å²) in [4.78, 5) is 2.47. The molecule has 2 aliphatic rings. The predicted octanol–water partition coefficient (Wildman–Crippen LogP) is 16.6. The van der Waals surface area contributed by atoms with E-state index in [-0.39, 0.29) is 0 Å². The van der Waals surface area contributed by atoms with Crippen LogP contribution in [0.15, 0.2) is 233 Å². The van der Waals surface area contributed by atoms with Crippen LogP contribution in [0.25, 0.3) is 88.4 Å². The smallest absolute Gasteiger partial charge is 0.143 e. The number of rotatable bonds is 4. The minimum Gasteiger partial charge on any atom is -0.456 e. The zero-order chi connectivity index (χ0) is 41.9. The van der Waals surface area contributed by atoms with Crippen molar-refractivity contribution in [2.75, 3.05) is 4.90 Å². The maximum atomic E-state index is 6.94. The first-order chi connectivity index (χ1) is 31.8. The molecule has 1 unspecified atom stereocenters. The molecule has 12 aromatic rings. The molecule has 0 saturated carbocycles. The third-order valence-corrected chi connectivity index (χ3v) is 13.9. The number of nitrogens with zero attached hydrogens (tertiary/aromatic N) is 1. The standard InChI is InChI=1S/C61H37NO2/c1-2-17-38(18-3-1)40-19-8-13-28-53(40)62(54-29-16-32-57-59(54)48-25-10-15-31-56(48)63-57)39-33-34-44-42-21-5-4-20-41(42)43-22-6-11-26-49(43)61(52(44)37-39)50-27-12-7-24-47(50)58-51(61)36-35-46-45-23-9-14-30-55(45)64-60(46)58/h1-37H. The van der Waals surface area contributed by atoms with Gasteiger partial charge >= 0.3 is 0 Å². The van der Waals surface area contributed by atoms with Crippen LogP contribution in [0.3, 0.4) is 0 Å². The highest BCUT2D eigenvalue weighted by molar-refractivity contribution is 6.15. The predicted molar refractivity (Wildman–Crippen MR) is 263 cm³/mol. The van der Waals surface area contributed by atoms with Gasteiger partial charge in [0.05, 0.1) is 22.2 Å². The Morgan fingerprint density at radius 1 is 0.328 bits per heavy atom. The van der Waals surface area contributed by atoms with Crippen molar-refractivity contribution >= 4 is 60.9 Å². The van der Waals surface area contributed by atoms with Crippen molar-refractivity contribution in [1.82, 2.24) is 0 Å². The van der Waals surface area contributed by atoms with Crippen LogP contribution in [-0.2, 0) is 5.41 Å². The molecule has 1 atom stereocenters. The zero-order valence-corrected chi connectivity index (χ0v) is 34.6. The highest BCUT2D eigenvalue weighted by Gasteiger charge is 2.51. The molecule has 0 aliphatic heterocycles. The molecule has 3 heteroatoms. The second kappa shape index (κ2) is 13.3. The third-order valence-electron chi connectivity index (χ3n) is 13.9. The molecule has 0 N–H and O–H groups in total. The Morgan fingerprint density at radius 3 is 1.70 bits per heavy atom. The van der Waals surface area contributed by atoms with Crippen molar-refractivity contribution in [1.29, 1.82) is 0 Å². The molecule has 10 aromatic carbocycles. The van der Waals surface area contributed by atoms with Crippen LogP contribution in [0.4, 0.5) is 17.1 Å². The fourth-order valence-electron chi connectivity index (χ4n) is 11.4. The summed E-state index contributed by atoms with van der Waals surface area (Å²) in [7, 11) is 0. The molecule has 3 nitrogen and oxygen atoms in total. The van der Waals surface area contributed by atoms with Gasteiger partial charge in [-0.3, -0.25) is 0 Å². The minimum atomic E-state index is -0.723. The summed E-state index contributed by atoms with van der Waals surface area (Å²) in [6.07, 6.45) is 0. The minimum absolute atomic E-state index is 0.723. The van der Waals surface area contributed by atoms with Crippen molar-refractivity contribution in [3.05, 3.63) is 247 Å². The maximum Gasteiger partial charge on any atom is 0.143 e. The fourth-order valence-corrected chi connectivity index (χ4v) is 11.4. The van der Waals surface area contributed by atoms with E-state index in [0.29, 0.717) is 0 Å². The molecule has 2 aliphatic carbocycles. The van der Waals surface area contributed by atoms with E-state index in [1.54, 1.807) is 0 Å². The first-order valence-electron chi connectivity index (χ1n) is 22.0. The molecule has 2 aromatic heterocycles. The van der Waals surface area contributed by atoms with E-state index in [2.05, 4.69) is 223 Å². The summed E-state index contributed by atoms with van der Waals surface area (Å²) in [6, 6.07) is 81.8. The zero-order valence-electron chi connectivity index (χ0n) is 34.6. The maximum absolute atomic E-state index is 6.94. The van der Waals surface area contributed by atoms with Crippen LogP contribution in [0.2, 0.25) is 0 Å². The Hall–Kier alpha value is -8.40. The van der Waals surface area contributed by atoms with Crippen LogP contribution in [0.1, 0.15) is 22.3 Å². The van der Waals surface area contributed by atoms with Crippen LogP contribution < -0.4 is 4.90 Å². The van der Waals surface area contributed by atoms with Gasteiger partial charge in [-0.2, -0.15) is 0 Å². The van der Waals surface area contributed by atoms with E-state index in [4.69, 9.17) is 8.83 Å². The normalized spacial score (nSPS) is 14.6. The van der Waals surface area contributed by atoms with Crippen LogP contribution in [-0.4, -0.2) is 0 Å². The van der Waals surface area contributed by atoms with Gasteiger partial charge in [-0.25, -0.2) is 0 Å². The molecule has 0 fully saturated rings. The van der Waals surface area contributed by atoms with Crippen molar-refractivity contribution in [3.8, 4) is 44.5 Å². The quantitative estimate of drug-likeness (QED) is 0.177. The monoisotopic (exact) mass is 815 g/mol. The number of furan rings is 2. The van der Waals surface area contributed by atoms with Gasteiger partial charge in [0.15, 0.2) is 0 Å². The Morgan fingerprint density at radius 2 is 0.906 bits per heavy atom. The molecule has 0 amide bonds. The summed E-state index contributed by atoms with van der Waals surface area (Å²) in [5.74, 6) is 0. The lowest BCUT2D eigenvalue weighted by atomic mass is 9.65. The lowest BCUT2D eigenvalue weighted by molar-refractivity contribution is 0.668. The molecule has 0 bridgehead atoms. The summed E-state index contributed by atoms with van der Waals surface area (Å²) >= 11 is 0. The molecule has 64 heavy (non-hydrogen) atoms. The van der Waals surface area contributed by atoms with Crippen LogP contribution in [0.5, 0.6) is 0 Å². The molecular formula is C61H37NO2. The Balaban J connectivity index is 1.15. The molecule has 0 radical (unpaired) electrons. The topological polar surface area (TPSA) is 29.5 Å².